The Bertz CT molecular complexity index is 572. The van der Waals surface area contributed by atoms with Crippen molar-refractivity contribution in [2.45, 2.75) is 13.0 Å². The van der Waals surface area contributed by atoms with Crippen LogP contribution < -0.4 is 10.1 Å². The topological polar surface area (TPSA) is 41.5 Å². The van der Waals surface area contributed by atoms with Gasteiger partial charge in [-0.15, -0.1) is 0 Å². The molecule has 3 nitrogen and oxygen atoms in total. The average molecular weight is 261 g/mol. The third-order valence-electron chi connectivity index (χ3n) is 2.95. The second-order valence-electron chi connectivity index (χ2n) is 4.27. The van der Waals surface area contributed by atoms with Crippen LogP contribution in [-0.2, 0) is 0 Å². The highest BCUT2D eigenvalue weighted by Gasteiger charge is 2.12. The van der Waals surface area contributed by atoms with E-state index < -0.39 is 0 Å². The standard InChI is InChI=1S/C15H16FNO2/c1-10(12-5-3-4-6-15(12)18)17-14-9-11(19-2)7-8-13(14)16/h3-10,17-18H,1-2H3. The quantitative estimate of drug-likeness (QED) is 0.881. The van der Waals surface area contributed by atoms with E-state index in [2.05, 4.69) is 5.32 Å². The number of ether oxygens (including phenoxy) is 1. The van der Waals surface area contributed by atoms with Crippen LogP contribution in [0.5, 0.6) is 11.5 Å². The van der Waals surface area contributed by atoms with E-state index in [9.17, 15) is 9.50 Å². The van der Waals surface area contributed by atoms with Crippen molar-refractivity contribution >= 4 is 5.69 Å². The fraction of sp³-hybridized carbons (Fsp3) is 0.200. The number of nitrogens with one attached hydrogen (secondary N) is 1. The van der Waals surface area contributed by atoms with Gasteiger partial charge in [0.15, 0.2) is 0 Å². The third kappa shape index (κ3) is 2.96. The van der Waals surface area contributed by atoms with Gasteiger partial charge in [0, 0.05) is 11.6 Å². The Morgan fingerprint density at radius 2 is 1.95 bits per heavy atom. The molecule has 0 heterocycles. The molecule has 4 heteroatoms. The number of methoxy groups -OCH3 is 1. The molecule has 1 unspecified atom stereocenters. The molecule has 0 saturated carbocycles. The molecule has 0 spiro atoms. The maximum atomic E-state index is 13.7. The Kier molecular flexibility index (Phi) is 3.90. The van der Waals surface area contributed by atoms with Crippen molar-refractivity contribution in [1.82, 2.24) is 0 Å². The lowest BCUT2D eigenvalue weighted by Crippen LogP contribution is -2.08. The summed E-state index contributed by atoms with van der Waals surface area (Å²) in [5.41, 5.74) is 1.06. The first kappa shape index (κ1) is 13.2. The van der Waals surface area contributed by atoms with Crippen LogP contribution in [0, 0.1) is 5.82 Å². The number of phenolic OH excluding ortho intramolecular Hbond substituents is 1. The third-order valence-corrected chi connectivity index (χ3v) is 2.95. The summed E-state index contributed by atoms with van der Waals surface area (Å²) in [5, 5.41) is 12.8. The molecule has 2 aromatic rings. The molecular weight excluding hydrogens is 245 g/mol. The van der Waals surface area contributed by atoms with Crippen molar-refractivity contribution in [1.29, 1.82) is 0 Å². The summed E-state index contributed by atoms with van der Waals surface area (Å²) in [4.78, 5) is 0. The van der Waals surface area contributed by atoms with Crippen LogP contribution >= 0.6 is 0 Å². The van der Waals surface area contributed by atoms with E-state index in [-0.39, 0.29) is 17.6 Å². The monoisotopic (exact) mass is 261 g/mol. The summed E-state index contributed by atoms with van der Waals surface area (Å²) in [6, 6.07) is 11.3. The molecule has 0 bridgehead atoms. The lowest BCUT2D eigenvalue weighted by atomic mass is 10.1. The minimum atomic E-state index is -0.358. The summed E-state index contributed by atoms with van der Waals surface area (Å²) < 4.78 is 18.8. The number of benzene rings is 2. The van der Waals surface area contributed by atoms with Crippen molar-refractivity contribution in [2.24, 2.45) is 0 Å². The molecule has 0 radical (unpaired) electrons. The molecule has 0 amide bonds. The van der Waals surface area contributed by atoms with E-state index in [1.807, 2.05) is 13.0 Å². The van der Waals surface area contributed by atoms with Crippen molar-refractivity contribution in [3.63, 3.8) is 0 Å². The first-order valence-electron chi connectivity index (χ1n) is 6.00. The Morgan fingerprint density at radius 1 is 1.21 bits per heavy atom. The molecule has 0 fully saturated rings. The number of aromatic hydroxyl groups is 1. The zero-order valence-corrected chi connectivity index (χ0v) is 10.9. The number of anilines is 1. The summed E-state index contributed by atoms with van der Waals surface area (Å²) >= 11 is 0. The molecule has 0 aliphatic heterocycles. The van der Waals surface area contributed by atoms with Crippen molar-refractivity contribution in [3.05, 3.63) is 53.8 Å². The molecule has 0 aliphatic carbocycles. The number of rotatable bonds is 4. The zero-order chi connectivity index (χ0) is 13.8. The Morgan fingerprint density at radius 3 is 2.63 bits per heavy atom. The van der Waals surface area contributed by atoms with Gasteiger partial charge in [0.2, 0.25) is 0 Å². The fourth-order valence-electron chi connectivity index (χ4n) is 1.91. The highest BCUT2D eigenvalue weighted by Crippen LogP contribution is 2.29. The lowest BCUT2D eigenvalue weighted by Gasteiger charge is -2.17. The molecule has 0 saturated heterocycles. The van der Waals surface area contributed by atoms with Crippen LogP contribution in [-0.4, -0.2) is 12.2 Å². The molecule has 0 aromatic heterocycles. The molecule has 19 heavy (non-hydrogen) atoms. The zero-order valence-electron chi connectivity index (χ0n) is 10.9. The maximum Gasteiger partial charge on any atom is 0.146 e. The Labute approximate surface area is 111 Å². The highest BCUT2D eigenvalue weighted by molar-refractivity contribution is 5.52. The van der Waals surface area contributed by atoms with Crippen LogP contribution in [0.25, 0.3) is 0 Å². The molecule has 0 aliphatic rings. The predicted molar refractivity (Wildman–Crippen MR) is 73.1 cm³/mol. The molecule has 100 valence electrons. The maximum absolute atomic E-state index is 13.7. The summed E-state index contributed by atoms with van der Waals surface area (Å²) in [6.07, 6.45) is 0. The Hall–Kier alpha value is -2.23. The minimum absolute atomic E-state index is 0.186. The van der Waals surface area contributed by atoms with E-state index in [0.29, 0.717) is 17.0 Å². The van der Waals surface area contributed by atoms with Gasteiger partial charge >= 0.3 is 0 Å². The molecular formula is C15H16FNO2. The van der Waals surface area contributed by atoms with Crippen LogP contribution in [0.3, 0.4) is 0 Å². The summed E-state index contributed by atoms with van der Waals surface area (Å²) in [6.45, 7) is 1.86. The first-order valence-corrected chi connectivity index (χ1v) is 6.00. The van der Waals surface area contributed by atoms with Gasteiger partial charge in [0.05, 0.1) is 18.8 Å². The highest BCUT2D eigenvalue weighted by atomic mass is 19.1. The Balaban J connectivity index is 2.24. The summed E-state index contributed by atoms with van der Waals surface area (Å²) in [5.74, 6) is 0.405. The molecule has 1 atom stereocenters. The molecule has 2 rings (SSSR count). The van der Waals surface area contributed by atoms with Crippen molar-refractivity contribution < 1.29 is 14.2 Å². The van der Waals surface area contributed by atoms with Gasteiger partial charge in [-0.05, 0) is 25.1 Å². The number of hydrogen-bond donors (Lipinski definition) is 2. The van der Waals surface area contributed by atoms with Crippen LogP contribution in [0.4, 0.5) is 10.1 Å². The van der Waals surface area contributed by atoms with Crippen LogP contribution in [0.2, 0.25) is 0 Å². The number of phenols is 1. The lowest BCUT2D eigenvalue weighted by molar-refractivity contribution is 0.414. The van der Waals surface area contributed by atoms with E-state index in [4.69, 9.17) is 4.74 Å². The molecule has 2 N–H and O–H groups in total. The van der Waals surface area contributed by atoms with Gasteiger partial charge in [-0.3, -0.25) is 0 Å². The second-order valence-corrected chi connectivity index (χ2v) is 4.27. The van der Waals surface area contributed by atoms with Crippen LogP contribution in [0.1, 0.15) is 18.5 Å². The molecule has 2 aromatic carbocycles. The predicted octanol–water partition coefficient (Wildman–Crippen LogP) is 3.71. The smallest absolute Gasteiger partial charge is 0.146 e. The van der Waals surface area contributed by atoms with Gasteiger partial charge in [0.1, 0.15) is 17.3 Å². The minimum Gasteiger partial charge on any atom is -0.508 e. The number of halogens is 1. The van der Waals surface area contributed by atoms with Gasteiger partial charge in [-0.2, -0.15) is 0 Å². The van der Waals surface area contributed by atoms with E-state index in [0.717, 1.165) is 0 Å². The van der Waals surface area contributed by atoms with Gasteiger partial charge in [0.25, 0.3) is 0 Å². The van der Waals surface area contributed by atoms with Gasteiger partial charge < -0.3 is 15.2 Å². The van der Waals surface area contributed by atoms with Crippen LogP contribution in [0.15, 0.2) is 42.5 Å². The fourth-order valence-corrected chi connectivity index (χ4v) is 1.91. The SMILES string of the molecule is COc1ccc(F)c(NC(C)c2ccccc2O)c1. The van der Waals surface area contributed by atoms with E-state index >= 15 is 0 Å². The van der Waals surface area contributed by atoms with E-state index in [1.165, 1.54) is 13.2 Å². The average Bonchev–Trinajstić information content (AvgIpc) is 2.41. The number of hydrogen-bond acceptors (Lipinski definition) is 3. The largest absolute Gasteiger partial charge is 0.508 e. The normalized spacial score (nSPS) is 11.9. The summed E-state index contributed by atoms with van der Waals surface area (Å²) in [7, 11) is 1.53. The second kappa shape index (κ2) is 5.61. The number of para-hydroxylation sites is 1. The van der Waals surface area contributed by atoms with Gasteiger partial charge in [-0.1, -0.05) is 18.2 Å². The van der Waals surface area contributed by atoms with Gasteiger partial charge in [-0.25, -0.2) is 4.39 Å². The first-order chi connectivity index (χ1) is 9.11. The van der Waals surface area contributed by atoms with Crippen molar-refractivity contribution in [2.75, 3.05) is 12.4 Å². The van der Waals surface area contributed by atoms with Crippen molar-refractivity contribution in [3.8, 4) is 11.5 Å². The van der Waals surface area contributed by atoms with E-state index in [1.54, 1.807) is 30.3 Å².